The van der Waals surface area contributed by atoms with Gasteiger partial charge in [-0.2, -0.15) is 0 Å². The highest BCUT2D eigenvalue weighted by molar-refractivity contribution is 5.28. The van der Waals surface area contributed by atoms with Gasteiger partial charge in [0.05, 0.1) is 25.1 Å². The van der Waals surface area contributed by atoms with Gasteiger partial charge >= 0.3 is 0 Å². The molecule has 5 nitrogen and oxygen atoms in total. The second-order valence-electron chi connectivity index (χ2n) is 7.41. The largest absolute Gasteiger partial charge is 0.379 e. The van der Waals surface area contributed by atoms with Crippen molar-refractivity contribution in [3.8, 4) is 0 Å². The molecule has 1 aromatic heterocycles. The van der Waals surface area contributed by atoms with E-state index in [1.807, 2.05) is 20.2 Å². The lowest BCUT2D eigenvalue weighted by molar-refractivity contribution is -0.0291. The standard InChI is InChI=1S/C18H27FN4O/c1-4-5-23-6-7-24-13-18(12-23)9-14(10-18)8-16-15(19)11-20-17(21-16)22(2)3/h4,11,14H,1,5-10,12-13H2,2-3H3. The molecule has 1 saturated heterocycles. The van der Waals surface area contributed by atoms with Crippen LogP contribution in [0.1, 0.15) is 18.5 Å². The third-order valence-electron chi connectivity index (χ3n) is 5.04. The van der Waals surface area contributed by atoms with Crippen molar-refractivity contribution in [3.05, 3.63) is 30.4 Å². The first-order valence-corrected chi connectivity index (χ1v) is 8.61. The lowest BCUT2D eigenvalue weighted by Crippen LogP contribution is -2.48. The summed E-state index contributed by atoms with van der Waals surface area (Å²) in [5.74, 6) is 0.735. The zero-order valence-corrected chi connectivity index (χ0v) is 14.7. The van der Waals surface area contributed by atoms with E-state index < -0.39 is 0 Å². The normalized spacial score (nSPS) is 27.5. The van der Waals surface area contributed by atoms with Gasteiger partial charge in [-0.25, -0.2) is 14.4 Å². The van der Waals surface area contributed by atoms with Crippen LogP contribution in [0.3, 0.4) is 0 Å². The van der Waals surface area contributed by atoms with Gasteiger partial charge in [-0.3, -0.25) is 4.90 Å². The predicted octanol–water partition coefficient (Wildman–Crippen LogP) is 2.14. The maximum atomic E-state index is 14.0. The van der Waals surface area contributed by atoms with Crippen LogP contribution in [0, 0.1) is 17.2 Å². The fourth-order valence-corrected chi connectivity index (χ4v) is 4.00. The van der Waals surface area contributed by atoms with Crippen LogP contribution in [-0.4, -0.2) is 61.8 Å². The van der Waals surface area contributed by atoms with Gasteiger partial charge in [0.2, 0.25) is 5.95 Å². The fraction of sp³-hybridized carbons (Fsp3) is 0.667. The molecule has 1 aliphatic carbocycles. The molecule has 0 unspecified atom stereocenters. The molecule has 3 rings (SSSR count). The van der Waals surface area contributed by atoms with E-state index in [2.05, 4.69) is 21.4 Å². The van der Waals surface area contributed by atoms with Crippen molar-refractivity contribution in [1.29, 1.82) is 0 Å². The summed E-state index contributed by atoms with van der Waals surface area (Å²) in [6, 6.07) is 0. The van der Waals surface area contributed by atoms with E-state index >= 15 is 0 Å². The Morgan fingerprint density at radius 2 is 2.29 bits per heavy atom. The lowest BCUT2D eigenvalue weighted by atomic mass is 9.61. The number of halogens is 1. The number of ether oxygens (including phenoxy) is 1. The SMILES string of the molecule is C=CCN1CCOCC2(CC(Cc3nc(N(C)C)ncc3F)C2)C1. The smallest absolute Gasteiger partial charge is 0.225 e. The number of aromatic nitrogens is 2. The molecule has 1 saturated carbocycles. The number of rotatable bonds is 5. The van der Waals surface area contributed by atoms with Crippen LogP contribution in [0.2, 0.25) is 0 Å². The van der Waals surface area contributed by atoms with Crippen molar-refractivity contribution in [2.45, 2.75) is 19.3 Å². The molecule has 1 spiro atoms. The van der Waals surface area contributed by atoms with Gasteiger partial charge in [0.15, 0.2) is 5.82 Å². The predicted molar refractivity (Wildman–Crippen MR) is 92.6 cm³/mol. The van der Waals surface area contributed by atoms with Gasteiger partial charge in [-0.05, 0) is 25.2 Å². The molecular formula is C18H27FN4O. The molecule has 0 aromatic carbocycles. The molecule has 0 amide bonds. The Kier molecular flexibility index (Phi) is 5.15. The van der Waals surface area contributed by atoms with Crippen LogP contribution >= 0.6 is 0 Å². The fourth-order valence-electron chi connectivity index (χ4n) is 4.00. The Morgan fingerprint density at radius 3 is 3.00 bits per heavy atom. The van der Waals surface area contributed by atoms with E-state index in [0.29, 0.717) is 24.0 Å². The van der Waals surface area contributed by atoms with Gasteiger partial charge in [-0.1, -0.05) is 6.08 Å². The molecule has 2 fully saturated rings. The van der Waals surface area contributed by atoms with Crippen LogP contribution in [0.5, 0.6) is 0 Å². The minimum Gasteiger partial charge on any atom is -0.379 e. The zero-order chi connectivity index (χ0) is 17.2. The summed E-state index contributed by atoms with van der Waals surface area (Å²) >= 11 is 0. The van der Waals surface area contributed by atoms with Crippen LogP contribution in [-0.2, 0) is 11.2 Å². The Hall–Kier alpha value is -1.53. The van der Waals surface area contributed by atoms with Gasteiger partial charge in [0.1, 0.15) is 0 Å². The van der Waals surface area contributed by atoms with Gasteiger partial charge in [0.25, 0.3) is 0 Å². The van der Waals surface area contributed by atoms with E-state index in [1.165, 1.54) is 6.20 Å². The molecule has 2 aliphatic rings. The second-order valence-corrected chi connectivity index (χ2v) is 7.41. The third-order valence-corrected chi connectivity index (χ3v) is 5.04. The Labute approximate surface area is 143 Å². The van der Waals surface area contributed by atoms with Crippen LogP contribution < -0.4 is 4.90 Å². The second kappa shape index (κ2) is 7.15. The number of anilines is 1. The number of hydrogen-bond donors (Lipinski definition) is 0. The summed E-state index contributed by atoms with van der Waals surface area (Å²) in [6.07, 6.45) is 6.06. The minimum atomic E-state index is -0.299. The van der Waals surface area contributed by atoms with Crippen molar-refractivity contribution in [3.63, 3.8) is 0 Å². The first-order chi connectivity index (χ1) is 11.5. The number of hydrogen-bond acceptors (Lipinski definition) is 5. The molecule has 1 aromatic rings. The molecule has 2 heterocycles. The molecular weight excluding hydrogens is 307 g/mol. The van der Waals surface area contributed by atoms with E-state index in [1.54, 1.807) is 4.90 Å². The Balaban J connectivity index is 1.62. The van der Waals surface area contributed by atoms with E-state index in [-0.39, 0.29) is 11.2 Å². The molecule has 0 bridgehead atoms. The summed E-state index contributed by atoms with van der Waals surface area (Å²) < 4.78 is 19.8. The van der Waals surface area contributed by atoms with E-state index in [4.69, 9.17) is 4.74 Å². The summed E-state index contributed by atoms with van der Waals surface area (Å²) in [6.45, 7) is 8.35. The van der Waals surface area contributed by atoms with Gasteiger partial charge in [-0.15, -0.1) is 6.58 Å². The maximum absolute atomic E-state index is 14.0. The van der Waals surface area contributed by atoms with Crippen LogP contribution in [0.15, 0.2) is 18.9 Å². The monoisotopic (exact) mass is 334 g/mol. The average molecular weight is 334 g/mol. The highest BCUT2D eigenvalue weighted by Gasteiger charge is 2.46. The third kappa shape index (κ3) is 3.75. The molecule has 24 heavy (non-hydrogen) atoms. The van der Waals surface area contributed by atoms with Crippen molar-refractivity contribution >= 4 is 5.95 Å². The molecule has 132 valence electrons. The quantitative estimate of drug-likeness (QED) is 0.772. The Morgan fingerprint density at radius 1 is 1.50 bits per heavy atom. The first-order valence-electron chi connectivity index (χ1n) is 8.61. The zero-order valence-electron chi connectivity index (χ0n) is 14.7. The molecule has 1 aliphatic heterocycles. The highest BCUT2D eigenvalue weighted by Crippen LogP contribution is 2.48. The molecule has 0 radical (unpaired) electrons. The summed E-state index contributed by atoms with van der Waals surface area (Å²) in [4.78, 5) is 12.6. The molecule has 0 N–H and O–H groups in total. The maximum Gasteiger partial charge on any atom is 0.225 e. The topological polar surface area (TPSA) is 41.5 Å². The highest BCUT2D eigenvalue weighted by atomic mass is 19.1. The van der Waals surface area contributed by atoms with Crippen molar-refractivity contribution < 1.29 is 9.13 Å². The molecule has 0 atom stereocenters. The average Bonchev–Trinajstić information content (AvgIpc) is 2.72. The summed E-state index contributed by atoms with van der Waals surface area (Å²) in [5, 5.41) is 0. The van der Waals surface area contributed by atoms with E-state index in [0.717, 1.165) is 45.7 Å². The number of nitrogens with zero attached hydrogens (tertiary/aromatic N) is 4. The van der Waals surface area contributed by atoms with Crippen molar-refractivity contribution in [2.24, 2.45) is 11.3 Å². The van der Waals surface area contributed by atoms with E-state index in [9.17, 15) is 4.39 Å². The van der Waals surface area contributed by atoms with Crippen molar-refractivity contribution in [2.75, 3.05) is 51.8 Å². The van der Waals surface area contributed by atoms with Crippen LogP contribution in [0.25, 0.3) is 0 Å². The lowest BCUT2D eigenvalue weighted by Gasteiger charge is -2.48. The Bertz CT molecular complexity index is 586. The van der Waals surface area contributed by atoms with Crippen LogP contribution in [0.4, 0.5) is 10.3 Å². The minimum absolute atomic E-state index is 0.220. The summed E-state index contributed by atoms with van der Waals surface area (Å²) in [5.41, 5.74) is 0.754. The van der Waals surface area contributed by atoms with Gasteiger partial charge in [0, 0.05) is 39.1 Å². The molecule has 6 heteroatoms. The van der Waals surface area contributed by atoms with Gasteiger partial charge < -0.3 is 9.64 Å². The summed E-state index contributed by atoms with van der Waals surface area (Å²) in [7, 11) is 3.73. The van der Waals surface area contributed by atoms with Crippen molar-refractivity contribution in [1.82, 2.24) is 14.9 Å². The first kappa shape index (κ1) is 17.3.